The third-order valence-corrected chi connectivity index (χ3v) is 5.15. The molecule has 0 radical (unpaired) electrons. The minimum absolute atomic E-state index is 0.208. The van der Waals surface area contributed by atoms with Crippen molar-refractivity contribution in [3.05, 3.63) is 63.5 Å². The van der Waals surface area contributed by atoms with Gasteiger partial charge in [0.05, 0.1) is 28.7 Å². The first-order chi connectivity index (χ1) is 13.9. The van der Waals surface area contributed by atoms with Gasteiger partial charge < -0.3 is 10.1 Å². The molecule has 1 aliphatic rings. The first kappa shape index (κ1) is 20.5. The number of nitrogens with one attached hydrogen (secondary N) is 1. The SMILES string of the molecule is COc1ccc(NC(=O)CN2C(=O)S/C(=C/c3ccc(C#N)cc3)C2=O)cc1Cl. The number of carbonyl (C=O) groups excluding carboxylic acids is 3. The number of imide groups is 1. The van der Waals surface area contributed by atoms with Crippen molar-refractivity contribution in [1.82, 2.24) is 4.90 Å². The predicted molar refractivity (Wildman–Crippen MR) is 110 cm³/mol. The molecule has 2 aromatic rings. The van der Waals surface area contributed by atoms with Crippen LogP contribution in [0.5, 0.6) is 5.75 Å². The zero-order valence-corrected chi connectivity index (χ0v) is 16.7. The molecule has 0 unspecified atom stereocenters. The average Bonchev–Trinajstić information content (AvgIpc) is 2.96. The molecular weight excluding hydrogens is 414 g/mol. The van der Waals surface area contributed by atoms with E-state index in [2.05, 4.69) is 5.32 Å². The van der Waals surface area contributed by atoms with Crippen LogP contribution < -0.4 is 10.1 Å². The Balaban J connectivity index is 1.68. The molecule has 1 saturated heterocycles. The molecule has 0 aromatic heterocycles. The lowest BCUT2D eigenvalue weighted by atomic mass is 10.1. The van der Waals surface area contributed by atoms with Crippen molar-refractivity contribution in [3.63, 3.8) is 0 Å². The van der Waals surface area contributed by atoms with Crippen LogP contribution >= 0.6 is 23.4 Å². The van der Waals surface area contributed by atoms with Crippen LogP contribution in [0.1, 0.15) is 11.1 Å². The van der Waals surface area contributed by atoms with E-state index in [1.807, 2.05) is 6.07 Å². The number of hydrogen-bond donors (Lipinski definition) is 1. The lowest BCUT2D eigenvalue weighted by Crippen LogP contribution is -2.36. The molecule has 146 valence electrons. The van der Waals surface area contributed by atoms with Gasteiger partial charge >= 0.3 is 0 Å². The molecule has 0 aliphatic carbocycles. The highest BCUT2D eigenvalue weighted by atomic mass is 35.5. The minimum atomic E-state index is -0.549. The highest BCUT2D eigenvalue weighted by Crippen LogP contribution is 2.32. The first-order valence-electron chi connectivity index (χ1n) is 8.30. The maximum atomic E-state index is 12.5. The maximum absolute atomic E-state index is 12.5. The van der Waals surface area contributed by atoms with Crippen LogP contribution in [0.4, 0.5) is 10.5 Å². The Bertz CT molecular complexity index is 1060. The molecule has 2 aromatic carbocycles. The number of nitriles is 1. The monoisotopic (exact) mass is 427 g/mol. The normalized spacial score (nSPS) is 14.8. The highest BCUT2D eigenvalue weighted by Gasteiger charge is 2.36. The van der Waals surface area contributed by atoms with E-state index >= 15 is 0 Å². The van der Waals surface area contributed by atoms with Gasteiger partial charge in [-0.2, -0.15) is 5.26 Å². The third kappa shape index (κ3) is 4.77. The summed E-state index contributed by atoms with van der Waals surface area (Å²) in [7, 11) is 1.48. The topological polar surface area (TPSA) is 99.5 Å². The summed E-state index contributed by atoms with van der Waals surface area (Å²) >= 11 is 6.78. The molecule has 7 nitrogen and oxygen atoms in total. The quantitative estimate of drug-likeness (QED) is 0.726. The number of rotatable bonds is 5. The molecule has 3 rings (SSSR count). The fraction of sp³-hybridized carbons (Fsp3) is 0.100. The molecule has 3 amide bonds. The minimum Gasteiger partial charge on any atom is -0.495 e. The molecule has 0 spiro atoms. The Hall–Kier alpha value is -3.28. The van der Waals surface area contributed by atoms with Crippen molar-refractivity contribution in [2.45, 2.75) is 0 Å². The molecule has 1 aliphatic heterocycles. The molecule has 29 heavy (non-hydrogen) atoms. The summed E-state index contributed by atoms with van der Waals surface area (Å²) in [4.78, 5) is 38.0. The second kappa shape index (κ2) is 8.82. The summed E-state index contributed by atoms with van der Waals surface area (Å²) in [5.74, 6) is -0.621. The van der Waals surface area contributed by atoms with Crippen LogP contribution in [-0.4, -0.2) is 35.6 Å². The van der Waals surface area contributed by atoms with Gasteiger partial charge in [-0.25, -0.2) is 0 Å². The average molecular weight is 428 g/mol. The zero-order chi connectivity index (χ0) is 21.0. The number of carbonyl (C=O) groups is 3. The van der Waals surface area contributed by atoms with Crippen molar-refractivity contribution in [2.75, 3.05) is 19.0 Å². The van der Waals surface area contributed by atoms with Gasteiger partial charge in [0.15, 0.2) is 0 Å². The van der Waals surface area contributed by atoms with Gasteiger partial charge in [-0.1, -0.05) is 23.7 Å². The van der Waals surface area contributed by atoms with Crippen LogP contribution in [0.15, 0.2) is 47.4 Å². The van der Waals surface area contributed by atoms with Gasteiger partial charge in [0.1, 0.15) is 12.3 Å². The largest absolute Gasteiger partial charge is 0.495 e. The summed E-state index contributed by atoms with van der Waals surface area (Å²) in [6, 6.07) is 13.3. The van der Waals surface area contributed by atoms with Gasteiger partial charge in [-0.05, 0) is 53.7 Å². The van der Waals surface area contributed by atoms with Crippen molar-refractivity contribution < 1.29 is 19.1 Å². The van der Waals surface area contributed by atoms with Gasteiger partial charge in [-0.15, -0.1) is 0 Å². The third-order valence-electron chi connectivity index (χ3n) is 3.95. The van der Waals surface area contributed by atoms with Crippen molar-refractivity contribution >= 4 is 52.2 Å². The number of ether oxygens (including phenoxy) is 1. The Morgan fingerprint density at radius 3 is 2.62 bits per heavy atom. The number of amides is 3. The number of halogens is 1. The smallest absolute Gasteiger partial charge is 0.294 e. The van der Waals surface area contributed by atoms with Crippen LogP contribution in [0.2, 0.25) is 5.02 Å². The second-order valence-electron chi connectivity index (χ2n) is 5.90. The molecule has 1 fully saturated rings. The molecule has 1 heterocycles. The van der Waals surface area contributed by atoms with Crippen LogP contribution in [-0.2, 0) is 9.59 Å². The number of thioether (sulfide) groups is 1. The predicted octanol–water partition coefficient (Wildman–Crippen LogP) is 3.90. The number of nitrogens with zero attached hydrogens (tertiary/aromatic N) is 2. The van der Waals surface area contributed by atoms with Crippen LogP contribution in [0.25, 0.3) is 6.08 Å². The molecule has 0 bridgehead atoms. The Kier molecular flexibility index (Phi) is 6.22. The molecular formula is C20H14ClN3O4S. The number of methoxy groups -OCH3 is 1. The molecule has 0 atom stereocenters. The van der Waals surface area contributed by atoms with E-state index in [9.17, 15) is 14.4 Å². The van der Waals surface area contributed by atoms with Gasteiger partial charge in [0.25, 0.3) is 11.1 Å². The van der Waals surface area contributed by atoms with E-state index in [4.69, 9.17) is 21.6 Å². The fourth-order valence-corrected chi connectivity index (χ4v) is 3.63. The van der Waals surface area contributed by atoms with Crippen molar-refractivity contribution in [1.29, 1.82) is 5.26 Å². The van der Waals surface area contributed by atoms with Crippen molar-refractivity contribution in [3.8, 4) is 11.8 Å². The van der Waals surface area contributed by atoms with Gasteiger partial charge in [-0.3, -0.25) is 19.3 Å². The second-order valence-corrected chi connectivity index (χ2v) is 7.30. The van der Waals surface area contributed by atoms with E-state index in [1.54, 1.807) is 42.5 Å². The van der Waals surface area contributed by atoms with E-state index in [1.165, 1.54) is 13.2 Å². The molecule has 0 saturated carbocycles. The van der Waals surface area contributed by atoms with E-state index in [0.717, 1.165) is 16.7 Å². The fourth-order valence-electron chi connectivity index (χ4n) is 2.53. The number of benzene rings is 2. The van der Waals surface area contributed by atoms with Crippen molar-refractivity contribution in [2.24, 2.45) is 0 Å². The number of hydrogen-bond acceptors (Lipinski definition) is 6. The highest BCUT2D eigenvalue weighted by molar-refractivity contribution is 8.18. The molecule has 9 heteroatoms. The lowest BCUT2D eigenvalue weighted by molar-refractivity contribution is -0.127. The standard InChI is InChI=1S/C20H14ClN3O4S/c1-28-16-7-6-14(9-15(16)21)23-18(25)11-24-19(26)17(29-20(24)27)8-12-2-4-13(10-22)5-3-12/h2-9H,11H2,1H3,(H,23,25)/b17-8+. The summed E-state index contributed by atoms with van der Waals surface area (Å²) in [6.45, 7) is -0.418. The zero-order valence-electron chi connectivity index (χ0n) is 15.1. The Labute approximate surface area is 175 Å². The lowest BCUT2D eigenvalue weighted by Gasteiger charge is -2.13. The summed E-state index contributed by atoms with van der Waals surface area (Å²) in [6.07, 6.45) is 1.55. The Morgan fingerprint density at radius 2 is 2.00 bits per heavy atom. The van der Waals surface area contributed by atoms with Crippen LogP contribution in [0.3, 0.4) is 0 Å². The summed E-state index contributed by atoms with van der Waals surface area (Å²) in [5.41, 5.74) is 1.58. The molecule has 1 N–H and O–H groups in total. The summed E-state index contributed by atoms with van der Waals surface area (Å²) in [5, 5.41) is 11.2. The Morgan fingerprint density at radius 1 is 1.28 bits per heavy atom. The maximum Gasteiger partial charge on any atom is 0.294 e. The van der Waals surface area contributed by atoms with Gasteiger partial charge in [0, 0.05) is 5.69 Å². The van der Waals surface area contributed by atoms with E-state index in [-0.39, 0.29) is 4.91 Å². The summed E-state index contributed by atoms with van der Waals surface area (Å²) < 4.78 is 5.05. The van der Waals surface area contributed by atoms with Gasteiger partial charge in [0.2, 0.25) is 5.91 Å². The van der Waals surface area contributed by atoms with E-state index in [0.29, 0.717) is 27.6 Å². The van der Waals surface area contributed by atoms with E-state index < -0.39 is 23.6 Å². The number of anilines is 1. The first-order valence-corrected chi connectivity index (χ1v) is 9.49. The van der Waals surface area contributed by atoms with Crippen LogP contribution in [0, 0.1) is 11.3 Å².